The van der Waals surface area contributed by atoms with E-state index in [4.69, 9.17) is 0 Å². The van der Waals surface area contributed by atoms with Crippen molar-refractivity contribution in [3.05, 3.63) is 34.3 Å². The molecule has 2 aromatic rings. The number of aromatic nitrogens is 4. The highest BCUT2D eigenvalue weighted by Crippen LogP contribution is 2.28. The molecule has 0 bridgehead atoms. The van der Waals surface area contributed by atoms with Crippen LogP contribution < -0.4 is 11.1 Å². The molecule has 3 rings (SSSR count). The Balaban J connectivity index is 1.52. The molecule has 1 aliphatic carbocycles. The summed E-state index contributed by atoms with van der Waals surface area (Å²) in [4.78, 5) is 25.1. The molecule has 0 aliphatic heterocycles. The van der Waals surface area contributed by atoms with Crippen LogP contribution in [0.25, 0.3) is 0 Å². The van der Waals surface area contributed by atoms with E-state index in [1.54, 1.807) is 6.07 Å². The van der Waals surface area contributed by atoms with Crippen LogP contribution in [0.1, 0.15) is 48.0 Å². The number of rotatable bonds is 5. The predicted octanol–water partition coefficient (Wildman–Crippen LogP) is 0.647. The third-order valence-electron chi connectivity index (χ3n) is 3.67. The number of nitrogens with zero attached hydrogens (tertiary/aromatic N) is 3. The number of hydrogen-bond donors (Lipinski definition) is 2. The molecule has 8 nitrogen and oxygen atoms in total. The first-order valence-electron chi connectivity index (χ1n) is 7.10. The van der Waals surface area contributed by atoms with E-state index < -0.39 is 5.76 Å². The summed E-state index contributed by atoms with van der Waals surface area (Å²) in [5.41, 5.74) is 0.413. The zero-order valence-electron chi connectivity index (χ0n) is 11.5. The van der Waals surface area contributed by atoms with Gasteiger partial charge >= 0.3 is 5.76 Å². The molecular formula is C13H17N5O3. The van der Waals surface area contributed by atoms with E-state index in [0.29, 0.717) is 30.5 Å². The number of H-pyrrole nitrogens is 1. The van der Waals surface area contributed by atoms with Crippen LogP contribution in [0.5, 0.6) is 0 Å². The molecule has 0 radical (unpaired) electrons. The Morgan fingerprint density at radius 2 is 2.29 bits per heavy atom. The highest BCUT2D eigenvalue weighted by molar-refractivity contribution is 5.92. The average molecular weight is 291 g/mol. The molecule has 112 valence electrons. The van der Waals surface area contributed by atoms with E-state index >= 15 is 0 Å². The molecule has 0 spiro atoms. The first kappa shape index (κ1) is 13.6. The molecule has 2 heterocycles. The first-order chi connectivity index (χ1) is 10.2. The lowest BCUT2D eigenvalue weighted by molar-refractivity contribution is 0.0947. The van der Waals surface area contributed by atoms with Crippen molar-refractivity contribution in [2.75, 3.05) is 6.54 Å². The van der Waals surface area contributed by atoms with Gasteiger partial charge in [0, 0.05) is 19.2 Å². The predicted molar refractivity (Wildman–Crippen MR) is 72.9 cm³/mol. The van der Waals surface area contributed by atoms with E-state index in [1.807, 2.05) is 10.9 Å². The van der Waals surface area contributed by atoms with E-state index in [9.17, 15) is 9.59 Å². The fraction of sp³-hybridized carbons (Fsp3) is 0.538. The minimum atomic E-state index is -0.591. The lowest BCUT2D eigenvalue weighted by atomic mass is 10.3. The Bertz CT molecular complexity index is 665. The van der Waals surface area contributed by atoms with Gasteiger partial charge in [-0.05, 0) is 18.9 Å². The van der Waals surface area contributed by atoms with Crippen LogP contribution in [0.15, 0.2) is 21.6 Å². The Morgan fingerprint density at radius 3 is 3.00 bits per heavy atom. The summed E-state index contributed by atoms with van der Waals surface area (Å²) in [6.45, 7) is 0.359. The van der Waals surface area contributed by atoms with Crippen LogP contribution in [-0.4, -0.2) is 32.4 Å². The summed E-state index contributed by atoms with van der Waals surface area (Å²) < 4.78 is 6.26. The highest BCUT2D eigenvalue weighted by atomic mass is 16.5. The first-order valence-corrected chi connectivity index (χ1v) is 7.10. The van der Waals surface area contributed by atoms with Crippen molar-refractivity contribution in [3.63, 3.8) is 0 Å². The van der Waals surface area contributed by atoms with Crippen LogP contribution >= 0.6 is 0 Å². The number of carbonyl (C=O) groups excluding carboxylic acids is 1. The maximum Gasteiger partial charge on any atom is 0.438 e. The monoisotopic (exact) mass is 291 g/mol. The Morgan fingerprint density at radius 1 is 1.48 bits per heavy atom. The van der Waals surface area contributed by atoms with Crippen molar-refractivity contribution >= 4 is 5.91 Å². The minimum absolute atomic E-state index is 0.224. The van der Waals surface area contributed by atoms with E-state index in [0.717, 1.165) is 12.8 Å². The van der Waals surface area contributed by atoms with Crippen molar-refractivity contribution < 1.29 is 9.32 Å². The Labute approximate surface area is 120 Å². The van der Waals surface area contributed by atoms with Gasteiger partial charge in [0.2, 0.25) is 0 Å². The molecular weight excluding hydrogens is 274 g/mol. The lowest BCUT2D eigenvalue weighted by Gasteiger charge is -2.08. The largest absolute Gasteiger partial charge is 0.438 e. The zero-order chi connectivity index (χ0) is 14.7. The number of amides is 1. The van der Waals surface area contributed by atoms with Crippen molar-refractivity contribution in [1.29, 1.82) is 0 Å². The third kappa shape index (κ3) is 3.21. The molecule has 21 heavy (non-hydrogen) atoms. The highest BCUT2D eigenvalue weighted by Gasteiger charge is 2.19. The van der Waals surface area contributed by atoms with Crippen molar-refractivity contribution in [1.82, 2.24) is 25.2 Å². The van der Waals surface area contributed by atoms with Gasteiger partial charge in [0.1, 0.15) is 5.69 Å². The van der Waals surface area contributed by atoms with Gasteiger partial charge in [-0.3, -0.25) is 19.0 Å². The molecule has 1 saturated carbocycles. The second-order valence-electron chi connectivity index (χ2n) is 5.17. The molecule has 8 heteroatoms. The average Bonchev–Trinajstić information content (AvgIpc) is 3.19. The third-order valence-corrected chi connectivity index (χ3v) is 3.67. The van der Waals surface area contributed by atoms with Crippen LogP contribution in [0.2, 0.25) is 0 Å². The van der Waals surface area contributed by atoms with Gasteiger partial charge in [-0.25, -0.2) is 4.79 Å². The standard InChI is InChI=1S/C13H17N5O3/c19-12(14-7-5-11-15-13(20)21-17-11)10-6-8-18(16-10)9-3-1-2-4-9/h6,8-9H,1-5,7H2,(H,14,19)(H,15,17,20). The number of carbonyl (C=O) groups is 1. The maximum absolute atomic E-state index is 12.0. The summed E-state index contributed by atoms with van der Waals surface area (Å²) in [6, 6.07) is 2.15. The Kier molecular flexibility index (Phi) is 3.85. The van der Waals surface area contributed by atoms with Gasteiger partial charge in [0.05, 0.1) is 6.04 Å². The van der Waals surface area contributed by atoms with Crippen molar-refractivity contribution in [2.24, 2.45) is 0 Å². The Hall–Kier alpha value is -2.38. The zero-order valence-corrected chi connectivity index (χ0v) is 11.5. The van der Waals surface area contributed by atoms with Crippen molar-refractivity contribution in [2.45, 2.75) is 38.1 Å². The molecule has 0 saturated heterocycles. The molecule has 1 aliphatic rings. The normalized spacial score (nSPS) is 15.4. The molecule has 0 aromatic carbocycles. The molecule has 1 fully saturated rings. The van der Waals surface area contributed by atoms with Crippen LogP contribution in [-0.2, 0) is 6.42 Å². The second-order valence-corrected chi connectivity index (χ2v) is 5.17. The van der Waals surface area contributed by atoms with Crippen LogP contribution in [0.3, 0.4) is 0 Å². The minimum Gasteiger partial charge on any atom is -0.350 e. The number of hydrogen-bond acceptors (Lipinski definition) is 5. The van der Waals surface area contributed by atoms with Gasteiger partial charge in [-0.15, -0.1) is 0 Å². The lowest BCUT2D eigenvalue weighted by Crippen LogP contribution is -2.26. The fourth-order valence-electron chi connectivity index (χ4n) is 2.58. The smallest absolute Gasteiger partial charge is 0.350 e. The summed E-state index contributed by atoms with van der Waals surface area (Å²) in [5.74, 6) is -0.402. The molecule has 0 atom stereocenters. The maximum atomic E-state index is 12.0. The number of aromatic amines is 1. The molecule has 2 N–H and O–H groups in total. The van der Waals surface area contributed by atoms with Crippen LogP contribution in [0, 0.1) is 0 Å². The second kappa shape index (κ2) is 5.94. The van der Waals surface area contributed by atoms with Gasteiger partial charge in [0.15, 0.2) is 5.82 Å². The quantitative estimate of drug-likeness (QED) is 0.841. The van der Waals surface area contributed by atoms with Gasteiger partial charge in [-0.1, -0.05) is 18.0 Å². The van der Waals surface area contributed by atoms with E-state index in [2.05, 4.69) is 25.1 Å². The van der Waals surface area contributed by atoms with E-state index in [1.165, 1.54) is 12.8 Å². The summed E-state index contributed by atoms with van der Waals surface area (Å²) in [7, 11) is 0. The fourth-order valence-corrected chi connectivity index (χ4v) is 2.58. The summed E-state index contributed by atoms with van der Waals surface area (Å²) in [6.07, 6.45) is 6.97. The summed E-state index contributed by atoms with van der Waals surface area (Å²) in [5, 5.41) is 10.6. The summed E-state index contributed by atoms with van der Waals surface area (Å²) >= 11 is 0. The van der Waals surface area contributed by atoms with Gasteiger partial charge < -0.3 is 5.32 Å². The number of nitrogens with one attached hydrogen (secondary N) is 2. The van der Waals surface area contributed by atoms with E-state index in [-0.39, 0.29) is 5.91 Å². The molecule has 0 unspecified atom stereocenters. The SMILES string of the molecule is O=C(NCCc1noc(=O)[nH]1)c1ccn(C2CCCC2)n1. The molecule has 1 amide bonds. The van der Waals surface area contributed by atoms with Crippen LogP contribution in [0.4, 0.5) is 0 Å². The van der Waals surface area contributed by atoms with Gasteiger partial charge in [0.25, 0.3) is 5.91 Å². The molecule has 2 aromatic heterocycles. The van der Waals surface area contributed by atoms with Crippen molar-refractivity contribution in [3.8, 4) is 0 Å². The van der Waals surface area contributed by atoms with Gasteiger partial charge in [-0.2, -0.15) is 5.10 Å². The topological polar surface area (TPSA) is 106 Å².